The Labute approximate surface area is 82.4 Å². The molecule has 0 bridgehead atoms. The van der Waals surface area contributed by atoms with Crippen LogP contribution in [-0.4, -0.2) is 12.3 Å². The maximum Gasteiger partial charge on any atom is 0.150 e. The van der Waals surface area contributed by atoms with Crippen LogP contribution in [0.1, 0.15) is 6.92 Å². The van der Waals surface area contributed by atoms with Gasteiger partial charge in [-0.2, -0.15) is 0 Å². The second-order valence-electron chi connectivity index (χ2n) is 2.71. The van der Waals surface area contributed by atoms with Gasteiger partial charge >= 0.3 is 0 Å². The highest BCUT2D eigenvalue weighted by atomic mass is 35.5. The van der Waals surface area contributed by atoms with Crippen LogP contribution in [-0.2, 0) is 4.79 Å². The van der Waals surface area contributed by atoms with Crippen molar-refractivity contribution in [2.45, 2.75) is 6.92 Å². The van der Waals surface area contributed by atoms with Gasteiger partial charge in [0.15, 0.2) is 5.78 Å². The summed E-state index contributed by atoms with van der Waals surface area (Å²) in [5.41, 5.74) is 0.868. The Balaban J connectivity index is 2.73. The molecule has 0 radical (unpaired) electrons. The van der Waals surface area contributed by atoms with Crippen molar-refractivity contribution in [3.8, 4) is 0 Å². The van der Waals surface area contributed by atoms with Gasteiger partial charge in [-0.1, -0.05) is 18.2 Å². The molecule has 1 rings (SSSR count). The summed E-state index contributed by atoms with van der Waals surface area (Å²) in [7, 11) is 0. The Morgan fingerprint density at radius 1 is 1.46 bits per heavy atom. The summed E-state index contributed by atoms with van der Waals surface area (Å²) < 4.78 is 0. The van der Waals surface area contributed by atoms with E-state index in [1.165, 1.54) is 6.92 Å². The fourth-order valence-corrected chi connectivity index (χ4v) is 1.16. The van der Waals surface area contributed by atoms with Gasteiger partial charge in [0.25, 0.3) is 0 Å². The van der Waals surface area contributed by atoms with Crippen LogP contribution in [0.25, 0.3) is 0 Å². The molecule has 13 heavy (non-hydrogen) atoms. The van der Waals surface area contributed by atoms with E-state index in [1.54, 1.807) is 5.01 Å². The first-order valence-electron chi connectivity index (χ1n) is 3.92. The molecule has 0 spiro atoms. The topological polar surface area (TPSA) is 32.3 Å². The fraction of sp³-hybridized carbons (Fsp3) is 0.222. The molecule has 0 atom stereocenters. The zero-order chi connectivity index (χ0) is 9.68. The van der Waals surface area contributed by atoms with E-state index >= 15 is 0 Å². The van der Waals surface area contributed by atoms with Crippen LogP contribution in [0.3, 0.4) is 0 Å². The molecular weight excluding hydrogens is 188 g/mol. The van der Waals surface area contributed by atoms with Crippen molar-refractivity contribution >= 4 is 23.2 Å². The molecule has 0 aromatic heterocycles. The summed E-state index contributed by atoms with van der Waals surface area (Å²) in [6.45, 7) is 1.78. The maximum atomic E-state index is 10.8. The maximum absolute atomic E-state index is 10.8. The third kappa shape index (κ3) is 3.05. The number of ketones is 1. The lowest BCUT2D eigenvalue weighted by Crippen LogP contribution is -2.35. The lowest BCUT2D eigenvalue weighted by atomic mass is 10.3. The normalized spacial score (nSPS) is 9.69. The minimum atomic E-state index is 0.0528. The average molecular weight is 199 g/mol. The molecule has 0 amide bonds. The molecule has 0 fully saturated rings. The van der Waals surface area contributed by atoms with Crippen molar-refractivity contribution in [3.63, 3.8) is 0 Å². The Hall–Kier alpha value is -1.06. The fourth-order valence-electron chi connectivity index (χ4n) is 1.00. The molecule has 0 heterocycles. The van der Waals surface area contributed by atoms with Crippen molar-refractivity contribution in [1.29, 1.82) is 0 Å². The van der Waals surface area contributed by atoms with Gasteiger partial charge in [-0.15, -0.1) is 4.94 Å². The number of hydrazine groups is 1. The average Bonchev–Trinajstić information content (AvgIpc) is 2.15. The first kappa shape index (κ1) is 10.0. The number of nitrogens with zero attached hydrogens (tertiary/aromatic N) is 1. The highest BCUT2D eigenvalue weighted by molar-refractivity contribution is 6.14. The predicted molar refractivity (Wildman–Crippen MR) is 53.5 cm³/mol. The number of rotatable bonds is 4. The van der Waals surface area contributed by atoms with Crippen LogP contribution < -0.4 is 9.95 Å². The van der Waals surface area contributed by atoms with E-state index in [-0.39, 0.29) is 12.3 Å². The van der Waals surface area contributed by atoms with E-state index in [9.17, 15) is 4.79 Å². The van der Waals surface area contributed by atoms with Gasteiger partial charge in [0.2, 0.25) is 0 Å². The Morgan fingerprint density at radius 3 is 2.54 bits per heavy atom. The summed E-state index contributed by atoms with van der Waals surface area (Å²) in [5.74, 6) is 0.0528. The standard InChI is InChI=1S/C9H11ClN2O/c1-8(13)7-12(11-10)9-5-3-2-4-6-9/h2-6,11H,7H2,1H3. The number of Topliss-reactive ketones (excluding diaryl/α,β-unsaturated/α-hetero) is 1. The highest BCUT2D eigenvalue weighted by Gasteiger charge is 2.05. The third-order valence-corrected chi connectivity index (χ3v) is 1.75. The van der Waals surface area contributed by atoms with E-state index in [0.717, 1.165) is 5.69 Å². The number of nitrogens with one attached hydrogen (secondary N) is 1. The molecule has 0 saturated heterocycles. The summed E-state index contributed by atoms with van der Waals surface area (Å²) in [4.78, 5) is 13.3. The summed E-state index contributed by atoms with van der Waals surface area (Å²) in [6.07, 6.45) is 0. The SMILES string of the molecule is CC(=O)CN(NCl)c1ccccc1. The lowest BCUT2D eigenvalue weighted by molar-refractivity contribution is -0.115. The molecule has 70 valence electrons. The van der Waals surface area contributed by atoms with E-state index in [2.05, 4.69) is 4.94 Å². The van der Waals surface area contributed by atoms with Crippen molar-refractivity contribution < 1.29 is 4.79 Å². The zero-order valence-electron chi connectivity index (χ0n) is 7.33. The molecule has 0 unspecified atom stereocenters. The number of carbonyl (C=O) groups excluding carboxylic acids is 1. The molecule has 0 aliphatic heterocycles. The number of carbonyl (C=O) groups is 1. The Bertz CT molecular complexity index is 276. The molecule has 1 aromatic carbocycles. The Morgan fingerprint density at radius 2 is 2.08 bits per heavy atom. The van der Waals surface area contributed by atoms with E-state index < -0.39 is 0 Å². The highest BCUT2D eigenvalue weighted by Crippen LogP contribution is 2.10. The predicted octanol–water partition coefficient (Wildman–Crippen LogP) is 1.74. The second-order valence-corrected chi connectivity index (χ2v) is 2.88. The van der Waals surface area contributed by atoms with Gasteiger partial charge < -0.3 is 0 Å². The van der Waals surface area contributed by atoms with Gasteiger partial charge in [0.05, 0.1) is 12.2 Å². The molecule has 1 N–H and O–H groups in total. The monoisotopic (exact) mass is 198 g/mol. The van der Waals surface area contributed by atoms with Crippen molar-refractivity contribution in [1.82, 2.24) is 4.94 Å². The van der Waals surface area contributed by atoms with Gasteiger partial charge in [0, 0.05) is 0 Å². The summed E-state index contributed by atoms with van der Waals surface area (Å²) >= 11 is 5.47. The van der Waals surface area contributed by atoms with Gasteiger partial charge in [-0.25, -0.2) is 0 Å². The molecule has 4 heteroatoms. The van der Waals surface area contributed by atoms with Crippen LogP contribution in [0.2, 0.25) is 0 Å². The molecule has 3 nitrogen and oxygen atoms in total. The molecule has 0 aliphatic rings. The first-order chi connectivity index (χ1) is 6.24. The van der Waals surface area contributed by atoms with Crippen LogP contribution in [0.4, 0.5) is 5.69 Å². The van der Waals surface area contributed by atoms with Crippen molar-refractivity contribution in [2.75, 3.05) is 11.6 Å². The summed E-state index contributed by atoms with van der Waals surface area (Å²) in [6, 6.07) is 9.42. The van der Waals surface area contributed by atoms with E-state index in [1.807, 2.05) is 30.3 Å². The summed E-state index contributed by atoms with van der Waals surface area (Å²) in [5, 5.41) is 1.57. The molecule has 0 aliphatic carbocycles. The number of halogens is 1. The smallest absolute Gasteiger partial charge is 0.150 e. The van der Waals surface area contributed by atoms with Gasteiger partial charge in [-0.3, -0.25) is 9.80 Å². The minimum Gasteiger partial charge on any atom is -0.298 e. The van der Waals surface area contributed by atoms with E-state index in [4.69, 9.17) is 11.8 Å². The quantitative estimate of drug-likeness (QED) is 0.591. The Kier molecular flexibility index (Phi) is 3.73. The van der Waals surface area contributed by atoms with Crippen LogP contribution >= 0.6 is 11.8 Å². The lowest BCUT2D eigenvalue weighted by Gasteiger charge is -2.19. The third-order valence-electron chi connectivity index (χ3n) is 1.55. The first-order valence-corrected chi connectivity index (χ1v) is 4.30. The number of para-hydroxylation sites is 1. The second kappa shape index (κ2) is 4.84. The van der Waals surface area contributed by atoms with Crippen molar-refractivity contribution in [3.05, 3.63) is 30.3 Å². The van der Waals surface area contributed by atoms with Crippen LogP contribution in [0.5, 0.6) is 0 Å². The molecule has 1 aromatic rings. The molecular formula is C9H11ClN2O. The van der Waals surface area contributed by atoms with Gasteiger partial charge in [0.1, 0.15) is 0 Å². The van der Waals surface area contributed by atoms with Crippen LogP contribution in [0, 0.1) is 0 Å². The van der Waals surface area contributed by atoms with Crippen molar-refractivity contribution in [2.24, 2.45) is 0 Å². The number of anilines is 1. The minimum absolute atomic E-state index is 0.0528. The number of benzene rings is 1. The molecule has 0 saturated carbocycles. The van der Waals surface area contributed by atoms with E-state index in [0.29, 0.717) is 0 Å². The number of hydrogen-bond donors (Lipinski definition) is 1. The van der Waals surface area contributed by atoms with Crippen LogP contribution in [0.15, 0.2) is 30.3 Å². The number of hydrogen-bond acceptors (Lipinski definition) is 3. The van der Waals surface area contributed by atoms with Gasteiger partial charge in [-0.05, 0) is 30.8 Å². The largest absolute Gasteiger partial charge is 0.298 e. The zero-order valence-corrected chi connectivity index (χ0v) is 8.08.